The number of carbonyl (C=O) groups excluding carboxylic acids is 1. The summed E-state index contributed by atoms with van der Waals surface area (Å²) in [5.74, 6) is -0.950. The second kappa shape index (κ2) is 8.20. The number of hydrogen-bond acceptors (Lipinski definition) is 3. The number of rotatable bonds is 5. The van der Waals surface area contributed by atoms with Gasteiger partial charge in [-0.15, -0.1) is 0 Å². The van der Waals surface area contributed by atoms with Gasteiger partial charge in [-0.25, -0.2) is 9.67 Å². The molecule has 0 unspecified atom stereocenters. The average molecular weight is 429 g/mol. The number of hydrogen-bond donors (Lipinski definition) is 1. The van der Waals surface area contributed by atoms with Crippen molar-refractivity contribution in [3.63, 3.8) is 0 Å². The Bertz CT molecular complexity index is 970. The van der Waals surface area contributed by atoms with Crippen LogP contribution in [-0.2, 0) is 12.6 Å². The molecule has 5 nitrogen and oxygen atoms in total. The molecule has 0 radical (unpaired) electrons. The highest BCUT2D eigenvalue weighted by Gasteiger charge is 2.40. The van der Waals surface area contributed by atoms with Gasteiger partial charge < -0.3 is 5.32 Å². The van der Waals surface area contributed by atoms with E-state index in [0.29, 0.717) is 20.3 Å². The van der Waals surface area contributed by atoms with Gasteiger partial charge in [0.25, 0.3) is 5.91 Å². The Balaban J connectivity index is 1.81. The molecule has 1 N–H and O–H groups in total. The molecule has 146 valence electrons. The molecule has 3 aromatic rings. The Morgan fingerprint density at radius 3 is 2.43 bits per heavy atom. The summed E-state index contributed by atoms with van der Waals surface area (Å²) in [6, 6.07) is 9.41. The zero-order valence-corrected chi connectivity index (χ0v) is 15.7. The van der Waals surface area contributed by atoms with Crippen LogP contribution in [0.1, 0.15) is 21.6 Å². The Morgan fingerprint density at radius 1 is 1.11 bits per heavy atom. The molecule has 2 aromatic heterocycles. The van der Waals surface area contributed by atoms with E-state index in [1.54, 1.807) is 24.3 Å². The maximum absolute atomic E-state index is 13.6. The third-order valence-corrected chi connectivity index (χ3v) is 4.58. The molecule has 1 amide bonds. The Morgan fingerprint density at radius 2 is 1.82 bits per heavy atom. The van der Waals surface area contributed by atoms with Crippen molar-refractivity contribution in [3.8, 4) is 5.82 Å². The standard InChI is InChI=1S/C18H13Cl2F3N4O/c19-13-4-3-5-14(20)11(13)7-9-25-17(28)12-10-26-27(16(12)18(21,22)23)15-6-1-2-8-24-15/h1-6,8,10H,7,9H2,(H,25,28). The molecule has 2 heterocycles. The van der Waals surface area contributed by atoms with Crippen LogP contribution in [0.2, 0.25) is 10.0 Å². The van der Waals surface area contributed by atoms with Crippen LogP contribution in [0.4, 0.5) is 13.2 Å². The van der Waals surface area contributed by atoms with Crippen molar-refractivity contribution in [3.05, 3.63) is 75.7 Å². The van der Waals surface area contributed by atoms with Gasteiger partial charge >= 0.3 is 6.18 Å². The molecular weight excluding hydrogens is 416 g/mol. The first-order valence-electron chi connectivity index (χ1n) is 8.06. The molecule has 28 heavy (non-hydrogen) atoms. The lowest BCUT2D eigenvalue weighted by atomic mass is 10.1. The van der Waals surface area contributed by atoms with Crippen molar-refractivity contribution >= 4 is 29.1 Å². The maximum atomic E-state index is 13.6. The third kappa shape index (κ3) is 4.28. The lowest BCUT2D eigenvalue weighted by Gasteiger charge is -2.12. The van der Waals surface area contributed by atoms with Gasteiger partial charge in [0.1, 0.15) is 0 Å². The third-order valence-electron chi connectivity index (χ3n) is 3.87. The first kappa shape index (κ1) is 20.2. The van der Waals surface area contributed by atoms with E-state index in [2.05, 4.69) is 15.4 Å². The largest absolute Gasteiger partial charge is 0.434 e. The molecule has 1 aromatic carbocycles. The van der Waals surface area contributed by atoms with E-state index in [1.165, 1.54) is 18.3 Å². The van der Waals surface area contributed by atoms with Gasteiger partial charge in [0.15, 0.2) is 11.5 Å². The molecule has 0 aliphatic heterocycles. The van der Waals surface area contributed by atoms with Gasteiger partial charge in [-0.3, -0.25) is 4.79 Å². The summed E-state index contributed by atoms with van der Waals surface area (Å²) in [7, 11) is 0. The Hall–Kier alpha value is -2.58. The summed E-state index contributed by atoms with van der Waals surface area (Å²) in [4.78, 5) is 16.2. The number of amides is 1. The number of benzene rings is 1. The molecule has 0 fully saturated rings. The number of nitrogens with one attached hydrogen (secondary N) is 1. The van der Waals surface area contributed by atoms with E-state index in [9.17, 15) is 18.0 Å². The summed E-state index contributed by atoms with van der Waals surface area (Å²) >= 11 is 12.1. The summed E-state index contributed by atoms with van der Waals surface area (Å²) in [5, 5.41) is 6.98. The van der Waals surface area contributed by atoms with Crippen LogP contribution in [0.25, 0.3) is 5.82 Å². The predicted molar refractivity (Wildman–Crippen MR) is 98.9 cm³/mol. The molecular formula is C18H13Cl2F3N4O. The molecule has 3 rings (SSSR count). The van der Waals surface area contributed by atoms with E-state index in [-0.39, 0.29) is 18.8 Å². The summed E-state index contributed by atoms with van der Waals surface area (Å²) in [6.45, 7) is 0.0500. The van der Waals surface area contributed by atoms with Gasteiger partial charge in [0.2, 0.25) is 0 Å². The fourth-order valence-corrected chi connectivity index (χ4v) is 3.19. The first-order valence-corrected chi connectivity index (χ1v) is 8.82. The van der Waals surface area contributed by atoms with Gasteiger partial charge in [-0.2, -0.15) is 18.3 Å². The van der Waals surface area contributed by atoms with E-state index >= 15 is 0 Å². The lowest BCUT2D eigenvalue weighted by Crippen LogP contribution is -2.28. The van der Waals surface area contributed by atoms with Crippen molar-refractivity contribution in [2.75, 3.05) is 6.54 Å². The van der Waals surface area contributed by atoms with Crippen LogP contribution >= 0.6 is 23.2 Å². The molecule has 0 aliphatic rings. The molecule has 0 atom stereocenters. The van der Waals surface area contributed by atoms with E-state index in [0.717, 1.165) is 6.20 Å². The topological polar surface area (TPSA) is 59.8 Å². The zero-order chi connectivity index (χ0) is 20.3. The first-order chi connectivity index (χ1) is 13.3. The molecule has 0 bridgehead atoms. The normalized spacial score (nSPS) is 11.5. The number of aromatic nitrogens is 3. The molecule has 0 aliphatic carbocycles. The van der Waals surface area contributed by atoms with Gasteiger partial charge in [-0.05, 0) is 36.2 Å². The van der Waals surface area contributed by atoms with Crippen molar-refractivity contribution in [2.24, 2.45) is 0 Å². The molecule has 0 saturated carbocycles. The molecule has 0 saturated heterocycles. The summed E-state index contributed by atoms with van der Waals surface area (Å²) < 4.78 is 41.3. The SMILES string of the molecule is O=C(NCCc1c(Cl)cccc1Cl)c1cnn(-c2ccccn2)c1C(F)(F)F. The lowest BCUT2D eigenvalue weighted by molar-refractivity contribution is -0.143. The highest BCUT2D eigenvalue weighted by molar-refractivity contribution is 6.36. The minimum atomic E-state index is -4.80. The highest BCUT2D eigenvalue weighted by Crippen LogP contribution is 2.33. The summed E-state index contributed by atoms with van der Waals surface area (Å²) in [5.41, 5.74) is -1.19. The fourth-order valence-electron chi connectivity index (χ4n) is 2.61. The van der Waals surface area contributed by atoms with Gasteiger partial charge in [-0.1, -0.05) is 35.3 Å². The number of carbonyl (C=O) groups is 1. The average Bonchev–Trinajstić information content (AvgIpc) is 3.10. The van der Waals surface area contributed by atoms with E-state index in [4.69, 9.17) is 23.2 Å². The quantitative estimate of drug-likeness (QED) is 0.647. The number of alkyl halides is 3. The minimum absolute atomic E-state index is 0.0447. The van der Waals surface area contributed by atoms with Crippen molar-refractivity contribution in [1.82, 2.24) is 20.1 Å². The van der Waals surface area contributed by atoms with Crippen LogP contribution in [0, 0.1) is 0 Å². The fraction of sp³-hybridized carbons (Fsp3) is 0.167. The van der Waals surface area contributed by atoms with Crippen LogP contribution in [-0.4, -0.2) is 27.2 Å². The molecule has 0 spiro atoms. The monoisotopic (exact) mass is 428 g/mol. The second-order valence-corrected chi connectivity index (χ2v) is 6.52. The van der Waals surface area contributed by atoms with Crippen LogP contribution in [0.3, 0.4) is 0 Å². The predicted octanol–water partition coefficient (Wildman–Crippen LogP) is 4.57. The molecule has 10 heteroatoms. The number of pyridine rings is 1. The van der Waals surface area contributed by atoms with E-state index in [1.807, 2.05) is 0 Å². The Kier molecular flexibility index (Phi) is 5.90. The number of nitrogens with zero attached hydrogens (tertiary/aromatic N) is 3. The van der Waals surface area contributed by atoms with Crippen molar-refractivity contribution < 1.29 is 18.0 Å². The van der Waals surface area contributed by atoms with Crippen LogP contribution < -0.4 is 5.32 Å². The second-order valence-electron chi connectivity index (χ2n) is 5.71. The van der Waals surface area contributed by atoms with Crippen LogP contribution in [0.15, 0.2) is 48.8 Å². The highest BCUT2D eigenvalue weighted by atomic mass is 35.5. The van der Waals surface area contributed by atoms with E-state index < -0.39 is 23.3 Å². The number of halogens is 5. The van der Waals surface area contributed by atoms with Crippen molar-refractivity contribution in [1.29, 1.82) is 0 Å². The van der Waals surface area contributed by atoms with Gasteiger partial charge in [0, 0.05) is 22.8 Å². The Labute approximate surface area is 168 Å². The maximum Gasteiger partial charge on any atom is 0.434 e. The summed E-state index contributed by atoms with van der Waals surface area (Å²) in [6.07, 6.45) is -2.33. The van der Waals surface area contributed by atoms with Gasteiger partial charge in [0.05, 0.1) is 11.8 Å². The van der Waals surface area contributed by atoms with Crippen molar-refractivity contribution in [2.45, 2.75) is 12.6 Å². The minimum Gasteiger partial charge on any atom is -0.352 e. The zero-order valence-electron chi connectivity index (χ0n) is 14.2. The smallest absolute Gasteiger partial charge is 0.352 e. The van der Waals surface area contributed by atoms with Crippen LogP contribution in [0.5, 0.6) is 0 Å².